The van der Waals surface area contributed by atoms with Gasteiger partial charge in [0.15, 0.2) is 0 Å². The Kier molecular flexibility index (Phi) is 7.19. The van der Waals surface area contributed by atoms with Gasteiger partial charge in [0.1, 0.15) is 17.3 Å². The first-order chi connectivity index (χ1) is 23.5. The molecule has 8 nitrogen and oxygen atoms in total. The van der Waals surface area contributed by atoms with Gasteiger partial charge >= 0.3 is 0 Å². The maximum atomic E-state index is 14.7. The van der Waals surface area contributed by atoms with Crippen LogP contribution in [0.25, 0.3) is 10.8 Å². The summed E-state index contributed by atoms with van der Waals surface area (Å²) in [7, 11) is 0. The summed E-state index contributed by atoms with van der Waals surface area (Å²) in [6.45, 7) is 1.91. The lowest BCUT2D eigenvalue weighted by molar-refractivity contribution is -0.140. The van der Waals surface area contributed by atoms with E-state index < -0.39 is 52.6 Å². The Bertz CT molecular complexity index is 2130. The van der Waals surface area contributed by atoms with Gasteiger partial charge in [0, 0.05) is 18.0 Å². The van der Waals surface area contributed by atoms with Crippen LogP contribution in [0.1, 0.15) is 36.8 Å². The van der Waals surface area contributed by atoms with E-state index in [1.807, 2.05) is 30.3 Å². The van der Waals surface area contributed by atoms with Gasteiger partial charge in [-0.1, -0.05) is 65.7 Å². The molecular weight excluding hydrogens is 647 g/mol. The molecule has 0 spiro atoms. The number of amides is 4. The predicted molar refractivity (Wildman–Crippen MR) is 180 cm³/mol. The third kappa shape index (κ3) is 4.55. The Morgan fingerprint density at radius 2 is 1.65 bits per heavy atom. The first kappa shape index (κ1) is 31.3. The fourth-order valence-electron chi connectivity index (χ4n) is 8.97. The number of phenolic OH excluding ortho intramolecular Hbond substituents is 2. The van der Waals surface area contributed by atoms with Gasteiger partial charge in [-0.2, -0.15) is 0 Å². The van der Waals surface area contributed by atoms with Crippen molar-refractivity contribution in [2.75, 3.05) is 11.4 Å². The number of imide groups is 2. The highest BCUT2D eigenvalue weighted by molar-refractivity contribution is 6.31. The van der Waals surface area contributed by atoms with E-state index in [-0.39, 0.29) is 53.4 Å². The predicted octanol–water partition coefficient (Wildman–Crippen LogP) is 6.52. The van der Waals surface area contributed by atoms with Crippen LogP contribution in [-0.2, 0) is 25.6 Å². The summed E-state index contributed by atoms with van der Waals surface area (Å²) in [6, 6.07) is 21.2. The molecule has 6 atom stereocenters. The molecule has 2 saturated heterocycles. The molecule has 2 heterocycles. The Morgan fingerprint density at radius 1 is 0.898 bits per heavy atom. The van der Waals surface area contributed by atoms with Crippen molar-refractivity contribution < 1.29 is 33.8 Å². The van der Waals surface area contributed by atoms with Crippen LogP contribution in [0, 0.1) is 34.9 Å². The lowest BCUT2D eigenvalue weighted by Crippen LogP contribution is -2.49. The molecule has 10 heteroatoms. The van der Waals surface area contributed by atoms with Gasteiger partial charge in [-0.3, -0.25) is 24.1 Å². The van der Waals surface area contributed by atoms with Crippen LogP contribution < -0.4 is 4.90 Å². The maximum absolute atomic E-state index is 14.7. The summed E-state index contributed by atoms with van der Waals surface area (Å²) in [4.78, 5) is 59.6. The quantitative estimate of drug-likeness (QED) is 0.184. The van der Waals surface area contributed by atoms with Crippen molar-refractivity contribution in [3.63, 3.8) is 0 Å². The fraction of sp³-hybridized carbons (Fsp3) is 0.282. The number of aromatic hydroxyl groups is 2. The van der Waals surface area contributed by atoms with Gasteiger partial charge in [-0.05, 0) is 84.8 Å². The van der Waals surface area contributed by atoms with Gasteiger partial charge in [0.05, 0.1) is 33.9 Å². The molecule has 0 unspecified atom stereocenters. The summed E-state index contributed by atoms with van der Waals surface area (Å²) in [5, 5.41) is 22.5. The topological polar surface area (TPSA) is 115 Å². The zero-order valence-corrected chi connectivity index (χ0v) is 27.2. The molecule has 0 bridgehead atoms. The smallest absolute Gasteiger partial charge is 0.241 e. The molecule has 3 fully saturated rings. The maximum Gasteiger partial charge on any atom is 0.241 e. The average molecular weight is 679 g/mol. The zero-order chi connectivity index (χ0) is 34.4. The van der Waals surface area contributed by atoms with E-state index in [0.717, 1.165) is 27.5 Å². The van der Waals surface area contributed by atoms with E-state index in [1.54, 1.807) is 43.3 Å². The second kappa shape index (κ2) is 11.3. The number of allylic oxidation sites excluding steroid dienone is 2. The van der Waals surface area contributed by atoms with Gasteiger partial charge in [0.25, 0.3) is 0 Å². The van der Waals surface area contributed by atoms with E-state index in [1.165, 1.54) is 17.0 Å². The molecule has 0 aromatic heterocycles. The standard InChI is InChI=1S/C39H32ClFN2O6/c1-39-28(36(47)43(38(39)49)22-9-14-30(41)29(40)18-22)19-27-25(34(39)33-24-5-3-2-4-21(24)8-15-31(33)45)12-13-26-32(27)37(48)42(35(26)46)17-16-20-6-10-23(44)11-7-20/h2-12,14-15,18,26-28,32,34,44-45H,13,16-17,19H2,1H3/t26-,27+,28-,32-,34+,39+/m0/s1. The molecule has 2 aliphatic carbocycles. The van der Waals surface area contributed by atoms with Crippen LogP contribution in [0.2, 0.25) is 5.02 Å². The third-order valence-electron chi connectivity index (χ3n) is 11.3. The molecule has 2 aliphatic heterocycles. The Hall–Kier alpha value is -5.02. The monoisotopic (exact) mass is 678 g/mol. The third-order valence-corrected chi connectivity index (χ3v) is 11.6. The van der Waals surface area contributed by atoms with E-state index >= 15 is 0 Å². The number of hydrogen-bond acceptors (Lipinski definition) is 6. The van der Waals surface area contributed by atoms with Crippen LogP contribution in [-0.4, -0.2) is 45.3 Å². The van der Waals surface area contributed by atoms with Crippen molar-refractivity contribution in [2.45, 2.75) is 32.1 Å². The van der Waals surface area contributed by atoms with Gasteiger partial charge in [0.2, 0.25) is 23.6 Å². The highest BCUT2D eigenvalue weighted by Crippen LogP contribution is 2.65. The van der Waals surface area contributed by atoms with Crippen LogP contribution in [0.4, 0.5) is 10.1 Å². The van der Waals surface area contributed by atoms with Crippen molar-refractivity contribution in [3.8, 4) is 11.5 Å². The van der Waals surface area contributed by atoms with Crippen LogP contribution in [0.15, 0.2) is 90.5 Å². The largest absolute Gasteiger partial charge is 0.508 e. The highest BCUT2D eigenvalue weighted by atomic mass is 35.5. The van der Waals surface area contributed by atoms with Gasteiger partial charge in [-0.15, -0.1) is 0 Å². The first-order valence-corrected chi connectivity index (χ1v) is 16.8. The second-order valence-electron chi connectivity index (χ2n) is 13.7. The summed E-state index contributed by atoms with van der Waals surface area (Å²) in [6.07, 6.45) is 2.78. The number of carbonyl (C=O) groups excluding carboxylic acids is 4. The number of benzene rings is 4. The SMILES string of the molecule is C[C@@]12C(=O)N(c3ccc(F)c(Cl)c3)C(=O)[C@@H]1C[C@@H]1C(=CC[C@@H]3C(=O)N(CCc4ccc(O)cc4)C(=O)[C@@H]31)[C@@H]2c1c(O)ccc2ccccc12. The Labute approximate surface area is 286 Å². The van der Waals surface area contributed by atoms with E-state index in [9.17, 15) is 33.8 Å². The second-order valence-corrected chi connectivity index (χ2v) is 14.1. The molecule has 4 amide bonds. The molecule has 4 aromatic carbocycles. The number of hydrogen-bond donors (Lipinski definition) is 2. The van der Waals surface area contributed by atoms with Gasteiger partial charge < -0.3 is 10.2 Å². The molecule has 1 saturated carbocycles. The molecule has 248 valence electrons. The minimum Gasteiger partial charge on any atom is -0.508 e. The van der Waals surface area contributed by atoms with E-state index in [4.69, 9.17) is 11.6 Å². The van der Waals surface area contributed by atoms with Crippen molar-refractivity contribution in [1.29, 1.82) is 0 Å². The number of likely N-dealkylation sites (tertiary alicyclic amines) is 1. The van der Waals surface area contributed by atoms with Crippen molar-refractivity contribution in [1.82, 2.24) is 4.90 Å². The summed E-state index contributed by atoms with van der Waals surface area (Å²) in [5.74, 6) is -5.82. The molecule has 2 N–H and O–H groups in total. The number of rotatable bonds is 5. The van der Waals surface area contributed by atoms with E-state index in [2.05, 4.69) is 0 Å². The number of fused-ring (bicyclic) bond motifs is 5. The highest BCUT2D eigenvalue weighted by Gasteiger charge is 2.68. The lowest BCUT2D eigenvalue weighted by atomic mass is 9.51. The van der Waals surface area contributed by atoms with Gasteiger partial charge in [-0.25, -0.2) is 9.29 Å². The number of anilines is 1. The number of halogens is 2. The van der Waals surface area contributed by atoms with Crippen molar-refractivity contribution in [3.05, 3.63) is 112 Å². The first-order valence-electron chi connectivity index (χ1n) is 16.4. The normalized spacial score (nSPS) is 27.7. The summed E-state index contributed by atoms with van der Waals surface area (Å²) >= 11 is 6.11. The lowest BCUT2D eigenvalue weighted by Gasteiger charge is -2.49. The molecular formula is C39H32ClFN2O6. The molecule has 4 aromatic rings. The van der Waals surface area contributed by atoms with Crippen LogP contribution >= 0.6 is 11.6 Å². The van der Waals surface area contributed by atoms with Crippen LogP contribution in [0.5, 0.6) is 11.5 Å². The Balaban J connectivity index is 1.25. The zero-order valence-electron chi connectivity index (χ0n) is 26.5. The fourth-order valence-corrected chi connectivity index (χ4v) is 9.14. The minimum absolute atomic E-state index is 0.0415. The summed E-state index contributed by atoms with van der Waals surface area (Å²) < 4.78 is 14.2. The molecule has 0 radical (unpaired) electrons. The van der Waals surface area contributed by atoms with Crippen LogP contribution in [0.3, 0.4) is 0 Å². The molecule has 8 rings (SSSR count). The average Bonchev–Trinajstić information content (AvgIpc) is 3.45. The van der Waals surface area contributed by atoms with E-state index in [0.29, 0.717) is 17.4 Å². The number of nitrogens with zero attached hydrogens (tertiary/aromatic N) is 2. The van der Waals surface area contributed by atoms with Crippen molar-refractivity contribution in [2.24, 2.45) is 29.1 Å². The minimum atomic E-state index is -1.39. The Morgan fingerprint density at radius 3 is 2.41 bits per heavy atom. The summed E-state index contributed by atoms with van der Waals surface area (Å²) in [5.41, 5.74) is 0.858. The number of phenols is 2. The van der Waals surface area contributed by atoms with Crippen molar-refractivity contribution >= 4 is 51.7 Å². The number of carbonyl (C=O) groups is 4. The molecule has 4 aliphatic rings. The molecule has 49 heavy (non-hydrogen) atoms.